The van der Waals surface area contributed by atoms with E-state index in [0.717, 1.165) is 10.9 Å². The quantitative estimate of drug-likeness (QED) is 0.512. The van der Waals surface area contributed by atoms with Gasteiger partial charge in [-0.2, -0.15) is 8.42 Å². The van der Waals surface area contributed by atoms with Crippen molar-refractivity contribution in [3.05, 3.63) is 40.7 Å². The molecule has 0 saturated carbocycles. The lowest BCUT2D eigenvalue weighted by Crippen LogP contribution is -2.03. The van der Waals surface area contributed by atoms with E-state index >= 15 is 0 Å². The maximum atomic E-state index is 10.9. The minimum atomic E-state index is -4.67. The Kier molecular flexibility index (Phi) is 3.84. The first kappa shape index (κ1) is 13.2. The molecule has 1 aromatic heterocycles. The summed E-state index contributed by atoms with van der Waals surface area (Å²) >= 11 is 0. The number of aromatic amines is 1. The van der Waals surface area contributed by atoms with E-state index in [2.05, 4.69) is 4.98 Å². The fourth-order valence-electron chi connectivity index (χ4n) is 1.14. The number of hydrogen-bond donors (Lipinski definition) is 4. The Bertz CT molecular complexity index is 667. The van der Waals surface area contributed by atoms with E-state index in [4.69, 9.17) is 22.6 Å². The van der Waals surface area contributed by atoms with Crippen molar-refractivity contribution in [1.82, 2.24) is 4.98 Å². The zero-order valence-corrected chi connectivity index (χ0v) is 9.18. The second kappa shape index (κ2) is 4.95. The van der Waals surface area contributed by atoms with Crippen LogP contribution in [0.5, 0.6) is 5.75 Å². The summed E-state index contributed by atoms with van der Waals surface area (Å²) in [6, 6.07) is 8.74. The summed E-state index contributed by atoms with van der Waals surface area (Å²) in [6.45, 7) is 0. The minimum absolute atomic E-state index is 0.242. The van der Waals surface area contributed by atoms with Crippen LogP contribution in [-0.2, 0) is 10.4 Å². The average molecular weight is 259 g/mol. The molecule has 1 aromatic carbocycles. The number of aromatic hydroxyl groups is 1. The van der Waals surface area contributed by atoms with Crippen LogP contribution in [0.4, 0.5) is 0 Å². The molecular weight excluding hydrogens is 250 g/mol. The molecule has 0 radical (unpaired) electrons. The molecule has 0 saturated heterocycles. The molecule has 1 heterocycles. The number of pyridine rings is 1. The van der Waals surface area contributed by atoms with Crippen LogP contribution in [0, 0.1) is 0 Å². The number of rotatable bonds is 0. The largest absolute Gasteiger partial charge is 0.503 e. The molecule has 4 N–H and O–H groups in total. The summed E-state index contributed by atoms with van der Waals surface area (Å²) in [7, 11) is -4.67. The van der Waals surface area contributed by atoms with Crippen LogP contribution in [0.25, 0.3) is 10.9 Å². The van der Waals surface area contributed by atoms with Gasteiger partial charge < -0.3 is 10.1 Å². The molecule has 2 rings (SSSR count). The summed E-state index contributed by atoms with van der Waals surface area (Å²) in [5, 5.41) is 9.90. The highest BCUT2D eigenvalue weighted by Gasteiger charge is 1.97. The molecule has 0 aliphatic carbocycles. The van der Waals surface area contributed by atoms with Gasteiger partial charge in [0.2, 0.25) is 0 Å². The van der Waals surface area contributed by atoms with Gasteiger partial charge in [-0.3, -0.25) is 13.9 Å². The molecular formula is C9H9NO6S. The van der Waals surface area contributed by atoms with E-state index in [1.807, 2.05) is 18.2 Å². The highest BCUT2D eigenvalue weighted by atomic mass is 32.3. The summed E-state index contributed by atoms with van der Waals surface area (Å²) < 4.78 is 31.6. The first-order valence-corrected chi connectivity index (χ1v) is 5.68. The van der Waals surface area contributed by atoms with Crippen LogP contribution in [0.1, 0.15) is 0 Å². The third-order valence-corrected chi connectivity index (χ3v) is 1.73. The van der Waals surface area contributed by atoms with Crippen LogP contribution in [0.15, 0.2) is 35.1 Å². The fourth-order valence-corrected chi connectivity index (χ4v) is 1.14. The number of fused-ring (bicyclic) bond motifs is 1. The summed E-state index contributed by atoms with van der Waals surface area (Å²) in [5.74, 6) is -0.242. The lowest BCUT2D eigenvalue weighted by molar-refractivity contribution is 0.381. The van der Waals surface area contributed by atoms with Crippen LogP contribution in [0.2, 0.25) is 0 Å². The van der Waals surface area contributed by atoms with E-state index in [1.54, 1.807) is 6.07 Å². The Morgan fingerprint density at radius 2 is 1.65 bits per heavy atom. The van der Waals surface area contributed by atoms with Gasteiger partial charge in [0.15, 0.2) is 5.75 Å². The zero-order valence-electron chi connectivity index (χ0n) is 8.36. The molecule has 0 fully saturated rings. The fraction of sp³-hybridized carbons (Fsp3) is 0. The molecule has 2 aromatic rings. The van der Waals surface area contributed by atoms with E-state index in [0.29, 0.717) is 0 Å². The van der Waals surface area contributed by atoms with Crippen molar-refractivity contribution >= 4 is 21.3 Å². The van der Waals surface area contributed by atoms with Gasteiger partial charge in [-0.25, -0.2) is 0 Å². The van der Waals surface area contributed by atoms with Crippen molar-refractivity contribution < 1.29 is 22.6 Å². The second-order valence-corrected chi connectivity index (χ2v) is 3.91. The summed E-state index contributed by atoms with van der Waals surface area (Å²) in [6.07, 6.45) is 0. The third kappa shape index (κ3) is 4.64. The van der Waals surface area contributed by atoms with Crippen molar-refractivity contribution in [2.45, 2.75) is 0 Å². The third-order valence-electron chi connectivity index (χ3n) is 1.73. The molecule has 17 heavy (non-hydrogen) atoms. The summed E-state index contributed by atoms with van der Waals surface area (Å²) in [5.41, 5.74) is 0.286. The number of nitrogens with one attached hydrogen (secondary N) is 1. The van der Waals surface area contributed by atoms with Gasteiger partial charge in [0.25, 0.3) is 5.56 Å². The molecule has 0 aliphatic rings. The van der Waals surface area contributed by atoms with Crippen LogP contribution in [-0.4, -0.2) is 27.6 Å². The van der Waals surface area contributed by atoms with Crippen LogP contribution >= 0.6 is 0 Å². The van der Waals surface area contributed by atoms with E-state index in [1.165, 1.54) is 6.07 Å². The Balaban J connectivity index is 0.000000249. The Morgan fingerprint density at radius 3 is 2.24 bits per heavy atom. The lowest BCUT2D eigenvalue weighted by atomic mass is 10.2. The van der Waals surface area contributed by atoms with Crippen LogP contribution in [0.3, 0.4) is 0 Å². The van der Waals surface area contributed by atoms with Crippen molar-refractivity contribution in [1.29, 1.82) is 0 Å². The first-order valence-electron chi connectivity index (χ1n) is 4.28. The minimum Gasteiger partial charge on any atom is -0.503 e. The standard InChI is InChI=1S/C9H7NO2.H2O4S/c11-8-5-6-3-1-2-4-7(6)10-9(8)12;1-5(2,3)4/h1-5,11H,(H,10,12);(H2,1,2,3,4). The molecule has 0 amide bonds. The molecule has 92 valence electrons. The van der Waals surface area contributed by atoms with Gasteiger partial charge in [0.05, 0.1) is 0 Å². The van der Waals surface area contributed by atoms with E-state index in [-0.39, 0.29) is 5.75 Å². The molecule has 7 nitrogen and oxygen atoms in total. The Labute approximate surface area is 95.9 Å². The summed E-state index contributed by atoms with van der Waals surface area (Å²) in [4.78, 5) is 13.5. The number of para-hydroxylation sites is 1. The van der Waals surface area contributed by atoms with Crippen molar-refractivity contribution in [3.8, 4) is 5.75 Å². The normalized spacial score (nSPS) is 10.7. The second-order valence-electron chi connectivity index (χ2n) is 3.02. The van der Waals surface area contributed by atoms with Gasteiger partial charge in [-0.15, -0.1) is 0 Å². The molecule has 8 heteroatoms. The number of aromatic nitrogens is 1. The number of benzene rings is 1. The first-order chi connectivity index (χ1) is 7.77. The predicted octanol–water partition coefficient (Wildman–Crippen LogP) is 0.581. The van der Waals surface area contributed by atoms with Crippen molar-refractivity contribution in [2.24, 2.45) is 0 Å². The van der Waals surface area contributed by atoms with Crippen molar-refractivity contribution in [2.75, 3.05) is 0 Å². The van der Waals surface area contributed by atoms with Crippen LogP contribution < -0.4 is 5.56 Å². The van der Waals surface area contributed by atoms with E-state index < -0.39 is 16.0 Å². The number of H-pyrrole nitrogens is 1. The van der Waals surface area contributed by atoms with Gasteiger partial charge in [-0.05, 0) is 12.1 Å². The van der Waals surface area contributed by atoms with Gasteiger partial charge >= 0.3 is 10.4 Å². The topological polar surface area (TPSA) is 128 Å². The van der Waals surface area contributed by atoms with Gasteiger partial charge in [-0.1, -0.05) is 18.2 Å². The maximum absolute atomic E-state index is 10.9. The zero-order chi connectivity index (χ0) is 13.1. The molecule has 0 atom stereocenters. The van der Waals surface area contributed by atoms with Gasteiger partial charge in [0.1, 0.15) is 0 Å². The average Bonchev–Trinajstić information content (AvgIpc) is 2.17. The van der Waals surface area contributed by atoms with Crippen molar-refractivity contribution in [3.63, 3.8) is 0 Å². The highest BCUT2D eigenvalue weighted by molar-refractivity contribution is 7.79. The Morgan fingerprint density at radius 1 is 1.12 bits per heavy atom. The SMILES string of the molecule is O=S(=O)(O)O.O=c1[nH]c2ccccc2cc1O. The monoisotopic (exact) mass is 259 g/mol. The molecule has 0 aliphatic heterocycles. The highest BCUT2D eigenvalue weighted by Crippen LogP contribution is 2.12. The molecule has 0 unspecified atom stereocenters. The Hall–Kier alpha value is -1.90. The smallest absolute Gasteiger partial charge is 0.394 e. The predicted molar refractivity (Wildman–Crippen MR) is 60.4 cm³/mol. The lowest BCUT2D eigenvalue weighted by Gasteiger charge is -1.96. The van der Waals surface area contributed by atoms with Gasteiger partial charge in [0, 0.05) is 10.9 Å². The van der Waals surface area contributed by atoms with E-state index in [9.17, 15) is 4.79 Å². The molecule has 0 spiro atoms. The maximum Gasteiger partial charge on any atom is 0.394 e. The molecule has 0 bridgehead atoms. The number of hydrogen-bond acceptors (Lipinski definition) is 4.